The van der Waals surface area contributed by atoms with Crippen LogP contribution in [0, 0.1) is 0 Å². The van der Waals surface area contributed by atoms with E-state index in [1.54, 1.807) is 6.07 Å². The normalized spacial score (nSPS) is 18.2. The number of hydrogen-bond acceptors (Lipinski definition) is 4. The van der Waals surface area contributed by atoms with Gasteiger partial charge in [0.15, 0.2) is 0 Å². The predicted molar refractivity (Wildman–Crippen MR) is 129 cm³/mol. The van der Waals surface area contributed by atoms with Crippen LogP contribution in [0.4, 0.5) is 37.7 Å². The highest BCUT2D eigenvalue weighted by Crippen LogP contribution is 2.32. The second-order valence-corrected chi connectivity index (χ2v) is 9.50. The quantitative estimate of drug-likeness (QED) is 0.514. The van der Waals surface area contributed by atoms with Crippen LogP contribution in [0.25, 0.3) is 0 Å². The van der Waals surface area contributed by atoms with E-state index in [9.17, 15) is 31.1 Å². The van der Waals surface area contributed by atoms with Crippen molar-refractivity contribution in [1.29, 1.82) is 0 Å². The van der Waals surface area contributed by atoms with Crippen molar-refractivity contribution in [3.05, 3.63) is 59.7 Å². The van der Waals surface area contributed by atoms with E-state index in [4.69, 9.17) is 0 Å². The molecule has 37 heavy (non-hydrogen) atoms. The Hall–Kier alpha value is -2.95. The maximum atomic E-state index is 12.9. The Labute approximate surface area is 212 Å². The van der Waals surface area contributed by atoms with Gasteiger partial charge in [-0.25, -0.2) is 0 Å². The van der Waals surface area contributed by atoms with Gasteiger partial charge in [0.2, 0.25) is 5.91 Å². The van der Waals surface area contributed by atoms with Crippen molar-refractivity contribution in [1.82, 2.24) is 9.80 Å². The molecule has 0 radical (unpaired) electrons. The smallest absolute Gasteiger partial charge is 0.382 e. The zero-order chi connectivity index (χ0) is 26.6. The summed E-state index contributed by atoms with van der Waals surface area (Å²) < 4.78 is 77.1. The number of amides is 1. The average molecular weight is 529 g/mol. The molecule has 1 amide bonds. The van der Waals surface area contributed by atoms with Gasteiger partial charge in [-0.1, -0.05) is 6.07 Å². The second kappa shape index (κ2) is 11.2. The van der Waals surface area contributed by atoms with E-state index in [-0.39, 0.29) is 11.9 Å². The van der Waals surface area contributed by atoms with E-state index < -0.39 is 23.5 Å². The number of carbonyl (C=O) groups excluding carboxylic acids is 1. The Morgan fingerprint density at radius 2 is 1.43 bits per heavy atom. The molecular formula is C26H30F6N4O. The van der Waals surface area contributed by atoms with E-state index in [2.05, 4.69) is 10.2 Å². The molecule has 11 heteroatoms. The van der Waals surface area contributed by atoms with Gasteiger partial charge in [0.05, 0.1) is 11.1 Å². The van der Waals surface area contributed by atoms with Gasteiger partial charge in [-0.05, 0) is 55.3 Å². The van der Waals surface area contributed by atoms with Crippen LogP contribution in [0.2, 0.25) is 0 Å². The summed E-state index contributed by atoms with van der Waals surface area (Å²) in [6.45, 7) is 4.50. The minimum atomic E-state index is -4.39. The zero-order valence-electron chi connectivity index (χ0n) is 20.3. The Morgan fingerprint density at radius 3 is 2.03 bits per heavy atom. The molecule has 0 saturated carbocycles. The van der Waals surface area contributed by atoms with E-state index in [0.717, 1.165) is 43.0 Å². The fraction of sp³-hybridized carbons (Fsp3) is 0.500. The van der Waals surface area contributed by atoms with Gasteiger partial charge in [-0.2, -0.15) is 26.3 Å². The van der Waals surface area contributed by atoms with Crippen molar-refractivity contribution >= 4 is 17.3 Å². The molecule has 0 spiro atoms. The molecule has 0 aliphatic carbocycles. The van der Waals surface area contributed by atoms with Gasteiger partial charge < -0.3 is 15.1 Å². The first-order chi connectivity index (χ1) is 17.5. The monoisotopic (exact) mass is 528 g/mol. The van der Waals surface area contributed by atoms with Crippen LogP contribution in [0.5, 0.6) is 0 Å². The number of piperidine rings is 1. The summed E-state index contributed by atoms with van der Waals surface area (Å²) >= 11 is 0. The van der Waals surface area contributed by atoms with Crippen LogP contribution in [-0.2, 0) is 17.1 Å². The lowest BCUT2D eigenvalue weighted by atomic mass is 10.0. The Balaban J connectivity index is 1.16. The first-order valence-electron chi connectivity index (χ1n) is 12.4. The average Bonchev–Trinajstić information content (AvgIpc) is 2.87. The molecule has 0 unspecified atom stereocenters. The summed E-state index contributed by atoms with van der Waals surface area (Å²) in [5.41, 5.74) is -0.172. The third-order valence-corrected chi connectivity index (χ3v) is 6.98. The van der Waals surface area contributed by atoms with Crippen molar-refractivity contribution < 1.29 is 31.1 Å². The molecule has 0 atom stereocenters. The lowest BCUT2D eigenvalue weighted by Crippen LogP contribution is -2.48. The highest BCUT2D eigenvalue weighted by Gasteiger charge is 2.32. The third-order valence-electron chi connectivity index (χ3n) is 6.98. The number of alkyl halides is 6. The number of rotatable bonds is 6. The topological polar surface area (TPSA) is 38.8 Å². The first kappa shape index (κ1) is 27.1. The summed E-state index contributed by atoms with van der Waals surface area (Å²) in [5, 5.41) is 3.16. The fourth-order valence-electron chi connectivity index (χ4n) is 4.80. The van der Waals surface area contributed by atoms with Gasteiger partial charge in [0.1, 0.15) is 0 Å². The molecule has 2 aliphatic heterocycles. The van der Waals surface area contributed by atoms with Gasteiger partial charge in [-0.15, -0.1) is 0 Å². The molecule has 2 aliphatic rings. The number of nitrogens with one attached hydrogen (secondary N) is 1. The van der Waals surface area contributed by atoms with Gasteiger partial charge >= 0.3 is 12.4 Å². The van der Waals surface area contributed by atoms with Gasteiger partial charge in [0.25, 0.3) is 0 Å². The van der Waals surface area contributed by atoms with E-state index in [1.807, 2.05) is 9.80 Å². The SMILES string of the molecule is O=C(CCN1CCN(c2ccc(C(F)(F)F)cc2)CC1)N1CCC(Nc2cccc(C(F)(F)F)c2)CC1. The van der Waals surface area contributed by atoms with Gasteiger partial charge in [-0.3, -0.25) is 9.69 Å². The maximum absolute atomic E-state index is 12.9. The first-order valence-corrected chi connectivity index (χ1v) is 12.4. The van der Waals surface area contributed by atoms with Crippen LogP contribution < -0.4 is 10.2 Å². The second-order valence-electron chi connectivity index (χ2n) is 9.50. The number of likely N-dealkylation sites (tertiary alicyclic amines) is 1. The third kappa shape index (κ3) is 7.30. The van der Waals surface area contributed by atoms with Crippen LogP contribution in [0.15, 0.2) is 48.5 Å². The zero-order valence-corrected chi connectivity index (χ0v) is 20.3. The molecule has 2 aromatic carbocycles. The summed E-state index contributed by atoms with van der Waals surface area (Å²) in [6, 6.07) is 10.3. The standard InChI is InChI=1S/C26H30F6N4O/c27-25(28,29)19-4-6-23(7-5-19)35-16-14-34(15-17-35)11-10-24(37)36-12-8-21(9-13-36)33-22-3-1-2-20(18-22)26(30,31)32/h1-7,18,21,33H,8-17H2. The summed E-state index contributed by atoms with van der Waals surface area (Å²) in [6.07, 6.45) is -7.03. The van der Waals surface area contributed by atoms with Crippen molar-refractivity contribution in [2.75, 3.05) is 56.0 Å². The number of hydrogen-bond donors (Lipinski definition) is 1. The molecule has 2 saturated heterocycles. The molecule has 5 nitrogen and oxygen atoms in total. The minimum absolute atomic E-state index is 0.00538. The Kier molecular flexibility index (Phi) is 8.20. The minimum Gasteiger partial charge on any atom is -0.382 e. The van der Waals surface area contributed by atoms with Crippen molar-refractivity contribution in [3.8, 4) is 0 Å². The van der Waals surface area contributed by atoms with Crippen LogP contribution in [-0.4, -0.2) is 67.6 Å². The van der Waals surface area contributed by atoms with E-state index in [0.29, 0.717) is 57.7 Å². The predicted octanol–water partition coefficient (Wildman–Crippen LogP) is 5.34. The van der Waals surface area contributed by atoms with E-state index >= 15 is 0 Å². The van der Waals surface area contributed by atoms with Crippen LogP contribution in [0.1, 0.15) is 30.4 Å². The highest BCUT2D eigenvalue weighted by molar-refractivity contribution is 5.76. The summed E-state index contributed by atoms with van der Waals surface area (Å²) in [5.74, 6) is 0.0580. The lowest BCUT2D eigenvalue weighted by molar-refractivity contribution is -0.138. The number of benzene rings is 2. The molecule has 0 bridgehead atoms. The summed E-state index contributed by atoms with van der Waals surface area (Å²) in [4.78, 5) is 18.7. The molecule has 2 heterocycles. The molecule has 2 aromatic rings. The molecule has 2 fully saturated rings. The number of piperazine rings is 1. The van der Waals surface area contributed by atoms with Crippen molar-refractivity contribution in [3.63, 3.8) is 0 Å². The lowest BCUT2D eigenvalue weighted by Gasteiger charge is -2.37. The summed E-state index contributed by atoms with van der Waals surface area (Å²) in [7, 11) is 0. The molecular weight excluding hydrogens is 498 g/mol. The molecule has 202 valence electrons. The Morgan fingerprint density at radius 1 is 0.811 bits per heavy atom. The molecule has 0 aromatic heterocycles. The Bertz CT molecular complexity index is 1040. The number of anilines is 2. The van der Waals surface area contributed by atoms with Gasteiger partial charge in [0, 0.05) is 69.7 Å². The van der Waals surface area contributed by atoms with E-state index in [1.165, 1.54) is 18.2 Å². The maximum Gasteiger partial charge on any atom is 0.416 e. The molecule has 4 rings (SSSR count). The number of carbonyl (C=O) groups is 1. The largest absolute Gasteiger partial charge is 0.416 e. The molecule has 1 N–H and O–H groups in total. The van der Waals surface area contributed by atoms with Crippen molar-refractivity contribution in [2.45, 2.75) is 37.7 Å². The highest BCUT2D eigenvalue weighted by atomic mass is 19.4. The van der Waals surface area contributed by atoms with Crippen LogP contribution >= 0.6 is 0 Å². The fourth-order valence-corrected chi connectivity index (χ4v) is 4.80. The number of halogens is 6. The van der Waals surface area contributed by atoms with Crippen LogP contribution in [0.3, 0.4) is 0 Å². The van der Waals surface area contributed by atoms with Crippen molar-refractivity contribution in [2.24, 2.45) is 0 Å². The number of nitrogens with zero attached hydrogens (tertiary/aromatic N) is 3.